The van der Waals surface area contributed by atoms with Crippen LogP contribution in [0.25, 0.3) is 0 Å². The van der Waals surface area contributed by atoms with Crippen LogP contribution in [0.3, 0.4) is 0 Å². The van der Waals surface area contributed by atoms with Crippen LogP contribution in [0, 0.1) is 10.1 Å². The monoisotopic (exact) mass is 270 g/mol. The molecule has 0 aliphatic heterocycles. The second-order valence-corrected chi connectivity index (χ2v) is 3.45. The van der Waals surface area contributed by atoms with Gasteiger partial charge in [0.1, 0.15) is 6.04 Å². The molecule has 0 amide bonds. The van der Waals surface area contributed by atoms with Gasteiger partial charge in [-0.15, -0.1) is 0 Å². The Labute approximate surface area is 97.3 Å². The van der Waals surface area contributed by atoms with Crippen molar-refractivity contribution in [3.63, 3.8) is 0 Å². The van der Waals surface area contributed by atoms with Gasteiger partial charge >= 0.3 is 12.1 Å². The fraction of sp³-hybridized carbons (Fsp3) is 0.333. The van der Waals surface area contributed by atoms with Crippen LogP contribution < -0.4 is 5.73 Å². The summed E-state index contributed by atoms with van der Waals surface area (Å²) in [6, 6.07) is 0.709. The van der Waals surface area contributed by atoms with E-state index in [1.807, 2.05) is 0 Å². The molecule has 9 heteroatoms. The summed E-state index contributed by atoms with van der Waals surface area (Å²) in [7, 11) is 0. The van der Waals surface area contributed by atoms with E-state index in [1.54, 1.807) is 0 Å². The highest BCUT2D eigenvalue weighted by Gasteiger charge is 2.61. The van der Waals surface area contributed by atoms with E-state index in [0.717, 1.165) is 18.2 Å². The number of benzene rings is 1. The largest absolute Gasteiger partial charge is 0.455 e. The maximum Gasteiger partial charge on any atom is 0.455 e. The fourth-order valence-corrected chi connectivity index (χ4v) is 1.22. The number of hydrogen-bond donors (Lipinski definition) is 1. The van der Waals surface area contributed by atoms with Crippen molar-refractivity contribution >= 4 is 5.69 Å². The standard InChI is InChI=1S/C9H7F5N2O2/c10-8(11,9(12,13)14)7(15)5-2-1-3-6(4-5)16(17)18/h1-4,7H,15H2/t7-/m0/s1. The van der Waals surface area contributed by atoms with E-state index in [-0.39, 0.29) is 0 Å². The Hall–Kier alpha value is -1.77. The van der Waals surface area contributed by atoms with Crippen molar-refractivity contribution in [1.29, 1.82) is 0 Å². The summed E-state index contributed by atoms with van der Waals surface area (Å²) >= 11 is 0. The van der Waals surface area contributed by atoms with Crippen LogP contribution in [0.1, 0.15) is 11.6 Å². The van der Waals surface area contributed by atoms with E-state index < -0.39 is 34.3 Å². The number of non-ortho nitro benzene ring substituents is 1. The molecule has 0 aliphatic carbocycles. The molecule has 1 rings (SSSR count). The molecule has 0 fully saturated rings. The van der Waals surface area contributed by atoms with E-state index in [1.165, 1.54) is 0 Å². The lowest BCUT2D eigenvalue weighted by molar-refractivity contribution is -0.385. The molecule has 1 aromatic rings. The summed E-state index contributed by atoms with van der Waals surface area (Å²) in [6.07, 6.45) is -5.82. The average Bonchev–Trinajstić information content (AvgIpc) is 2.26. The molecule has 0 unspecified atom stereocenters. The number of halogens is 5. The first-order valence-electron chi connectivity index (χ1n) is 4.52. The molecule has 0 heterocycles. The molecule has 1 atom stereocenters. The van der Waals surface area contributed by atoms with Gasteiger partial charge in [0.2, 0.25) is 0 Å². The molecule has 18 heavy (non-hydrogen) atoms. The van der Waals surface area contributed by atoms with Gasteiger partial charge in [-0.25, -0.2) is 0 Å². The Morgan fingerprint density at radius 2 is 1.78 bits per heavy atom. The smallest absolute Gasteiger partial charge is 0.319 e. The van der Waals surface area contributed by atoms with Crippen molar-refractivity contribution in [2.75, 3.05) is 0 Å². The third-order valence-corrected chi connectivity index (χ3v) is 2.21. The molecule has 1 aromatic carbocycles. The predicted octanol–water partition coefficient (Wildman–Crippen LogP) is 2.79. The first-order chi connectivity index (χ1) is 8.07. The first-order valence-corrected chi connectivity index (χ1v) is 4.52. The van der Waals surface area contributed by atoms with Crippen LogP contribution in [0.2, 0.25) is 0 Å². The zero-order valence-corrected chi connectivity index (χ0v) is 8.62. The second kappa shape index (κ2) is 4.48. The Bertz CT molecular complexity index is 461. The maximum absolute atomic E-state index is 12.9. The van der Waals surface area contributed by atoms with Crippen molar-refractivity contribution in [1.82, 2.24) is 0 Å². The number of nitrogens with zero attached hydrogens (tertiary/aromatic N) is 1. The Morgan fingerprint density at radius 1 is 1.22 bits per heavy atom. The molecule has 0 bridgehead atoms. The van der Waals surface area contributed by atoms with Gasteiger partial charge in [0, 0.05) is 12.1 Å². The van der Waals surface area contributed by atoms with Gasteiger partial charge in [0.05, 0.1) is 4.92 Å². The molecular formula is C9H7F5N2O2. The minimum Gasteiger partial charge on any atom is -0.319 e. The van der Waals surface area contributed by atoms with Gasteiger partial charge in [0.15, 0.2) is 0 Å². The summed E-state index contributed by atoms with van der Waals surface area (Å²) in [6.45, 7) is 0. The van der Waals surface area contributed by atoms with E-state index in [0.29, 0.717) is 6.07 Å². The van der Waals surface area contributed by atoms with Crippen molar-refractivity contribution in [3.05, 3.63) is 39.9 Å². The highest BCUT2D eigenvalue weighted by Crippen LogP contribution is 2.43. The third-order valence-electron chi connectivity index (χ3n) is 2.21. The van der Waals surface area contributed by atoms with Crippen molar-refractivity contribution in [3.8, 4) is 0 Å². The summed E-state index contributed by atoms with van der Waals surface area (Å²) in [5, 5.41) is 10.4. The van der Waals surface area contributed by atoms with Crippen molar-refractivity contribution < 1.29 is 26.9 Å². The van der Waals surface area contributed by atoms with E-state index in [4.69, 9.17) is 5.73 Å². The van der Waals surface area contributed by atoms with E-state index in [2.05, 4.69) is 0 Å². The van der Waals surface area contributed by atoms with Crippen LogP contribution in [-0.4, -0.2) is 17.0 Å². The molecule has 100 valence electrons. The minimum atomic E-state index is -5.82. The number of nitro groups is 1. The zero-order valence-electron chi connectivity index (χ0n) is 8.62. The quantitative estimate of drug-likeness (QED) is 0.521. The molecule has 0 spiro atoms. The van der Waals surface area contributed by atoms with Gasteiger partial charge in [0.25, 0.3) is 5.69 Å². The summed E-state index contributed by atoms with van der Waals surface area (Å²) in [5.74, 6) is -5.16. The van der Waals surface area contributed by atoms with Gasteiger partial charge in [-0.2, -0.15) is 22.0 Å². The van der Waals surface area contributed by atoms with E-state index in [9.17, 15) is 32.1 Å². The van der Waals surface area contributed by atoms with Gasteiger partial charge in [-0.1, -0.05) is 12.1 Å². The van der Waals surface area contributed by atoms with Crippen LogP contribution in [0.5, 0.6) is 0 Å². The lowest BCUT2D eigenvalue weighted by Gasteiger charge is -2.25. The molecule has 0 radical (unpaired) electrons. The number of nitrogens with two attached hydrogens (primary N) is 1. The summed E-state index contributed by atoms with van der Waals surface area (Å²) in [5.41, 5.74) is 3.56. The number of rotatable bonds is 3. The molecule has 0 aromatic heterocycles. The Kier molecular flexibility index (Phi) is 3.56. The van der Waals surface area contributed by atoms with Gasteiger partial charge in [-0.3, -0.25) is 10.1 Å². The summed E-state index contributed by atoms with van der Waals surface area (Å²) < 4.78 is 62.0. The van der Waals surface area contributed by atoms with Crippen LogP contribution in [-0.2, 0) is 0 Å². The van der Waals surface area contributed by atoms with Gasteiger partial charge in [-0.05, 0) is 5.56 Å². The number of nitro benzene ring substituents is 1. The lowest BCUT2D eigenvalue weighted by atomic mass is 10.0. The predicted molar refractivity (Wildman–Crippen MR) is 51.0 cm³/mol. The lowest BCUT2D eigenvalue weighted by Crippen LogP contribution is -2.45. The van der Waals surface area contributed by atoms with Crippen molar-refractivity contribution in [2.24, 2.45) is 5.73 Å². The normalized spacial score (nSPS) is 14.3. The molecule has 0 saturated heterocycles. The SMILES string of the molecule is N[C@@H](c1cccc([N+](=O)[O-])c1)C(F)(F)C(F)(F)F. The molecular weight excluding hydrogens is 263 g/mol. The highest BCUT2D eigenvalue weighted by atomic mass is 19.4. The van der Waals surface area contributed by atoms with Gasteiger partial charge < -0.3 is 5.73 Å². The Balaban J connectivity index is 3.15. The maximum atomic E-state index is 12.9. The highest BCUT2D eigenvalue weighted by molar-refractivity contribution is 5.36. The van der Waals surface area contributed by atoms with Crippen molar-refractivity contribution in [2.45, 2.75) is 18.1 Å². The topological polar surface area (TPSA) is 69.2 Å². The minimum absolute atomic E-state index is 0.588. The van der Waals surface area contributed by atoms with Crippen LogP contribution in [0.4, 0.5) is 27.6 Å². The fourth-order valence-electron chi connectivity index (χ4n) is 1.22. The second-order valence-electron chi connectivity index (χ2n) is 3.45. The zero-order chi connectivity index (χ0) is 14.1. The first kappa shape index (κ1) is 14.3. The summed E-state index contributed by atoms with van der Waals surface area (Å²) in [4.78, 5) is 9.46. The number of alkyl halides is 5. The molecule has 0 saturated carbocycles. The van der Waals surface area contributed by atoms with Crippen LogP contribution >= 0.6 is 0 Å². The average molecular weight is 270 g/mol. The third kappa shape index (κ3) is 2.55. The molecule has 4 nitrogen and oxygen atoms in total. The molecule has 2 N–H and O–H groups in total. The van der Waals surface area contributed by atoms with E-state index >= 15 is 0 Å². The number of hydrogen-bond acceptors (Lipinski definition) is 3. The molecule has 0 aliphatic rings. The Morgan fingerprint density at radius 3 is 2.22 bits per heavy atom. The van der Waals surface area contributed by atoms with Crippen LogP contribution in [0.15, 0.2) is 24.3 Å².